The maximum atomic E-state index is 2.73. The summed E-state index contributed by atoms with van der Waals surface area (Å²) in [4.78, 5) is 5.33. The van der Waals surface area contributed by atoms with Crippen molar-refractivity contribution < 1.29 is 0 Å². The van der Waals surface area contributed by atoms with Gasteiger partial charge in [0.1, 0.15) is 0 Å². The van der Waals surface area contributed by atoms with Crippen molar-refractivity contribution >= 4 is 5.69 Å². The van der Waals surface area contributed by atoms with Crippen molar-refractivity contribution in [3.8, 4) is 0 Å². The van der Waals surface area contributed by atoms with Crippen molar-refractivity contribution in [2.24, 2.45) is 5.92 Å². The molecule has 154 valence electrons. The lowest BCUT2D eigenvalue weighted by molar-refractivity contribution is 0.182. The molecule has 3 aromatic carbocycles. The third-order valence-corrected chi connectivity index (χ3v) is 7.14. The van der Waals surface area contributed by atoms with Crippen LogP contribution >= 0.6 is 0 Å². The number of piperidine rings is 1. The van der Waals surface area contributed by atoms with Gasteiger partial charge in [0.15, 0.2) is 0 Å². The van der Waals surface area contributed by atoms with Crippen LogP contribution in [0.25, 0.3) is 0 Å². The number of likely N-dealkylation sites (tertiary alicyclic amines) is 1. The molecule has 2 nitrogen and oxygen atoms in total. The van der Waals surface area contributed by atoms with Crippen LogP contribution < -0.4 is 4.90 Å². The first kappa shape index (κ1) is 19.4. The molecule has 2 aliphatic heterocycles. The van der Waals surface area contributed by atoms with Crippen LogP contribution in [0.15, 0.2) is 91.0 Å². The Morgan fingerprint density at radius 3 is 1.83 bits per heavy atom. The van der Waals surface area contributed by atoms with Gasteiger partial charge in [-0.15, -0.1) is 0 Å². The molecular weight excluding hydrogens is 364 g/mol. The minimum absolute atomic E-state index is 0.609. The quantitative estimate of drug-likeness (QED) is 0.539. The average Bonchev–Trinajstić information content (AvgIpc) is 3.25. The normalized spacial score (nSPS) is 23.0. The molecule has 2 atom stereocenters. The fourth-order valence-electron chi connectivity index (χ4n) is 5.49. The molecule has 2 heteroatoms. The third kappa shape index (κ3) is 4.29. The Hall–Kier alpha value is -2.58. The number of benzene rings is 3. The van der Waals surface area contributed by atoms with Gasteiger partial charge in [0.25, 0.3) is 0 Å². The molecule has 2 fully saturated rings. The SMILES string of the molecule is c1ccc(C2CCN(C[C@H]3CN(c4ccccc4)C[C@@H]3c3ccccc3)CC2)cc1. The Kier molecular flexibility index (Phi) is 5.85. The smallest absolute Gasteiger partial charge is 0.0366 e. The molecule has 0 amide bonds. The van der Waals surface area contributed by atoms with Crippen molar-refractivity contribution in [1.82, 2.24) is 4.90 Å². The first-order chi connectivity index (χ1) is 14.9. The van der Waals surface area contributed by atoms with E-state index in [4.69, 9.17) is 0 Å². The summed E-state index contributed by atoms with van der Waals surface area (Å²) in [5, 5.41) is 0. The lowest BCUT2D eigenvalue weighted by Gasteiger charge is -2.35. The van der Waals surface area contributed by atoms with Crippen LogP contribution in [0, 0.1) is 5.92 Å². The Labute approximate surface area is 181 Å². The van der Waals surface area contributed by atoms with Gasteiger partial charge in [-0.3, -0.25) is 0 Å². The van der Waals surface area contributed by atoms with Crippen molar-refractivity contribution in [1.29, 1.82) is 0 Å². The topological polar surface area (TPSA) is 6.48 Å². The molecule has 0 bridgehead atoms. The Morgan fingerprint density at radius 2 is 1.20 bits per heavy atom. The first-order valence-electron chi connectivity index (χ1n) is 11.5. The van der Waals surface area contributed by atoms with E-state index in [2.05, 4.69) is 101 Å². The summed E-state index contributed by atoms with van der Waals surface area (Å²) in [5.74, 6) is 2.02. The van der Waals surface area contributed by atoms with Crippen LogP contribution in [0.1, 0.15) is 35.8 Å². The predicted octanol–water partition coefficient (Wildman–Crippen LogP) is 5.79. The number of anilines is 1. The molecule has 3 aromatic rings. The van der Waals surface area contributed by atoms with E-state index < -0.39 is 0 Å². The van der Waals surface area contributed by atoms with Crippen LogP contribution in [0.5, 0.6) is 0 Å². The third-order valence-electron chi connectivity index (χ3n) is 7.14. The Bertz CT molecular complexity index is 901. The van der Waals surface area contributed by atoms with Crippen molar-refractivity contribution in [3.63, 3.8) is 0 Å². The molecule has 0 aliphatic carbocycles. The molecule has 0 N–H and O–H groups in total. The fraction of sp³-hybridized carbons (Fsp3) is 0.357. The van der Waals surface area contributed by atoms with Gasteiger partial charge in [0.05, 0.1) is 0 Å². The standard InChI is InChI=1S/C28H32N2/c1-4-10-23(11-5-1)24-16-18-29(19-17-24)20-26-21-30(27-14-8-3-9-15-27)22-28(26)25-12-6-2-7-13-25/h1-15,24,26,28H,16-22H2/t26-,28+/m0/s1. The van der Waals surface area contributed by atoms with E-state index in [0.29, 0.717) is 11.8 Å². The molecule has 2 saturated heterocycles. The number of nitrogens with zero attached hydrogens (tertiary/aromatic N) is 2. The van der Waals surface area contributed by atoms with E-state index in [0.717, 1.165) is 19.0 Å². The highest BCUT2D eigenvalue weighted by atomic mass is 15.2. The van der Waals surface area contributed by atoms with Gasteiger partial charge in [-0.2, -0.15) is 0 Å². The van der Waals surface area contributed by atoms with Crippen molar-refractivity contribution in [3.05, 3.63) is 102 Å². The minimum atomic E-state index is 0.609. The highest BCUT2D eigenvalue weighted by molar-refractivity contribution is 5.48. The summed E-state index contributed by atoms with van der Waals surface area (Å²) in [6.45, 7) is 5.94. The number of para-hydroxylation sites is 1. The zero-order chi connectivity index (χ0) is 20.2. The van der Waals surface area contributed by atoms with Crippen LogP contribution in [-0.2, 0) is 0 Å². The van der Waals surface area contributed by atoms with Gasteiger partial charge in [0.2, 0.25) is 0 Å². The molecule has 0 aromatic heterocycles. The number of hydrogen-bond donors (Lipinski definition) is 0. The van der Waals surface area contributed by atoms with E-state index in [1.54, 1.807) is 0 Å². The van der Waals surface area contributed by atoms with Gasteiger partial charge in [0, 0.05) is 31.2 Å². The molecule has 30 heavy (non-hydrogen) atoms. The van der Waals surface area contributed by atoms with Gasteiger partial charge in [-0.1, -0.05) is 78.9 Å². The minimum Gasteiger partial charge on any atom is -0.371 e. The van der Waals surface area contributed by atoms with E-state index in [1.165, 1.54) is 49.3 Å². The van der Waals surface area contributed by atoms with Crippen LogP contribution in [-0.4, -0.2) is 37.6 Å². The van der Waals surface area contributed by atoms with Crippen LogP contribution in [0.3, 0.4) is 0 Å². The lowest BCUT2D eigenvalue weighted by atomic mass is 9.86. The van der Waals surface area contributed by atoms with Gasteiger partial charge >= 0.3 is 0 Å². The highest BCUT2D eigenvalue weighted by Gasteiger charge is 2.35. The summed E-state index contributed by atoms with van der Waals surface area (Å²) >= 11 is 0. The maximum absolute atomic E-state index is 2.73. The Morgan fingerprint density at radius 1 is 0.633 bits per heavy atom. The second kappa shape index (κ2) is 9.06. The van der Waals surface area contributed by atoms with Crippen molar-refractivity contribution in [2.75, 3.05) is 37.6 Å². The molecule has 0 radical (unpaired) electrons. The molecule has 0 unspecified atom stereocenters. The molecule has 2 aliphatic rings. The molecule has 0 saturated carbocycles. The second-order valence-corrected chi connectivity index (χ2v) is 9.00. The van der Waals surface area contributed by atoms with E-state index in [9.17, 15) is 0 Å². The maximum Gasteiger partial charge on any atom is 0.0366 e. The summed E-state index contributed by atoms with van der Waals surface area (Å²) in [6.07, 6.45) is 2.57. The van der Waals surface area contributed by atoms with Gasteiger partial charge < -0.3 is 9.80 Å². The monoisotopic (exact) mass is 396 g/mol. The van der Waals surface area contributed by atoms with E-state index >= 15 is 0 Å². The molecular formula is C28H32N2. The first-order valence-corrected chi connectivity index (χ1v) is 11.5. The number of hydrogen-bond acceptors (Lipinski definition) is 2. The summed E-state index contributed by atoms with van der Waals surface area (Å²) in [7, 11) is 0. The largest absolute Gasteiger partial charge is 0.371 e. The average molecular weight is 397 g/mol. The predicted molar refractivity (Wildman–Crippen MR) is 126 cm³/mol. The second-order valence-electron chi connectivity index (χ2n) is 9.00. The van der Waals surface area contributed by atoms with E-state index in [1.807, 2.05) is 0 Å². The summed E-state index contributed by atoms with van der Waals surface area (Å²) < 4.78 is 0. The van der Waals surface area contributed by atoms with Crippen molar-refractivity contribution in [2.45, 2.75) is 24.7 Å². The lowest BCUT2D eigenvalue weighted by Crippen LogP contribution is -2.38. The summed E-state index contributed by atoms with van der Waals surface area (Å²) in [5.41, 5.74) is 4.39. The summed E-state index contributed by atoms with van der Waals surface area (Å²) in [6, 6.07) is 33.2. The van der Waals surface area contributed by atoms with E-state index in [-0.39, 0.29) is 0 Å². The molecule has 5 rings (SSSR count). The van der Waals surface area contributed by atoms with Gasteiger partial charge in [-0.05, 0) is 61.0 Å². The highest BCUT2D eigenvalue weighted by Crippen LogP contribution is 2.37. The zero-order valence-electron chi connectivity index (χ0n) is 17.7. The molecule has 0 spiro atoms. The van der Waals surface area contributed by atoms with Crippen LogP contribution in [0.4, 0.5) is 5.69 Å². The zero-order valence-corrected chi connectivity index (χ0v) is 17.7. The number of rotatable bonds is 5. The fourth-order valence-corrected chi connectivity index (χ4v) is 5.49. The Balaban J connectivity index is 1.27. The molecule has 2 heterocycles. The van der Waals surface area contributed by atoms with Crippen LogP contribution in [0.2, 0.25) is 0 Å². The van der Waals surface area contributed by atoms with Gasteiger partial charge in [-0.25, -0.2) is 0 Å².